The fraction of sp³-hybridized carbons (Fsp3) is 0.133. The molecule has 0 amide bonds. The van der Waals surface area contributed by atoms with Gasteiger partial charge in [-0.1, -0.05) is 81.3 Å². The molecule has 206 valence electrons. The smallest absolute Gasteiger partial charge is 0.338 e. The standard InChI is InChI=1S/C30H20BrClIN3O4S/c1-2-39-29(38)24-25(17-6-4-3-5-7-17)35-30-36(26(24)18-8-10-21(32)11-9-18)28(37)23(41-30)15-19-14-20(31)16-22(33)27(19)40-13-12-34/h3-11,14-16,26H,2,13H2,1H3/b23-15-/t26-/m0/s1. The average Bonchev–Trinajstić information content (AvgIpc) is 3.27. The van der Waals surface area contributed by atoms with Gasteiger partial charge in [0, 0.05) is 20.6 Å². The number of hydrogen-bond donors (Lipinski definition) is 0. The molecule has 5 rings (SSSR count). The second kappa shape index (κ2) is 12.7. The van der Waals surface area contributed by atoms with Gasteiger partial charge in [0.1, 0.15) is 11.8 Å². The van der Waals surface area contributed by atoms with Gasteiger partial charge in [0.2, 0.25) is 0 Å². The molecular weight excluding hydrogens is 741 g/mol. The number of carbonyl (C=O) groups excluding carboxylic acids is 1. The predicted octanol–water partition coefficient (Wildman–Crippen LogP) is 5.86. The van der Waals surface area contributed by atoms with Crippen molar-refractivity contribution < 1.29 is 14.3 Å². The van der Waals surface area contributed by atoms with Crippen LogP contribution in [-0.2, 0) is 9.53 Å². The molecule has 7 nitrogen and oxygen atoms in total. The summed E-state index contributed by atoms with van der Waals surface area (Å²) in [7, 11) is 0. The third-order valence-electron chi connectivity index (χ3n) is 6.16. The molecule has 0 unspecified atom stereocenters. The SMILES string of the molecule is CCOC(=O)C1=C(c2ccccc2)N=c2s/c(=C\c3cc(Br)cc(I)c3OCC#N)c(=O)n2[C@H]1c1ccc(Cl)cc1. The van der Waals surface area contributed by atoms with E-state index in [4.69, 9.17) is 31.3 Å². The highest BCUT2D eigenvalue weighted by Gasteiger charge is 2.35. The highest BCUT2D eigenvalue weighted by molar-refractivity contribution is 14.1. The number of halogens is 3. The van der Waals surface area contributed by atoms with E-state index in [0.29, 0.717) is 36.9 Å². The number of ether oxygens (including phenoxy) is 2. The molecule has 0 spiro atoms. The molecule has 11 heteroatoms. The molecule has 0 saturated heterocycles. The van der Waals surface area contributed by atoms with Gasteiger partial charge in [-0.15, -0.1) is 0 Å². The van der Waals surface area contributed by atoms with Crippen LogP contribution in [0.5, 0.6) is 5.75 Å². The summed E-state index contributed by atoms with van der Waals surface area (Å²) in [6, 6.07) is 21.2. The fourth-order valence-electron chi connectivity index (χ4n) is 4.49. The summed E-state index contributed by atoms with van der Waals surface area (Å²) >= 11 is 13.0. The molecule has 1 aliphatic rings. The maximum Gasteiger partial charge on any atom is 0.338 e. The first-order valence-electron chi connectivity index (χ1n) is 12.3. The van der Waals surface area contributed by atoms with Crippen molar-refractivity contribution in [3.8, 4) is 11.8 Å². The molecule has 0 radical (unpaired) electrons. The van der Waals surface area contributed by atoms with Crippen LogP contribution >= 0.6 is 61.5 Å². The molecule has 3 aromatic carbocycles. The van der Waals surface area contributed by atoms with Crippen molar-refractivity contribution in [1.82, 2.24) is 4.57 Å². The summed E-state index contributed by atoms with van der Waals surface area (Å²) in [4.78, 5) is 32.9. The zero-order valence-electron chi connectivity index (χ0n) is 21.4. The molecule has 2 heterocycles. The van der Waals surface area contributed by atoms with Gasteiger partial charge in [-0.3, -0.25) is 9.36 Å². The van der Waals surface area contributed by atoms with Crippen molar-refractivity contribution in [3.63, 3.8) is 0 Å². The van der Waals surface area contributed by atoms with Crippen LogP contribution in [0.25, 0.3) is 11.8 Å². The van der Waals surface area contributed by atoms with Crippen molar-refractivity contribution in [3.05, 3.63) is 122 Å². The van der Waals surface area contributed by atoms with Crippen LogP contribution in [0.2, 0.25) is 5.02 Å². The third kappa shape index (κ3) is 6.04. The Morgan fingerprint density at radius 3 is 2.63 bits per heavy atom. The van der Waals surface area contributed by atoms with Crippen molar-refractivity contribution in [2.45, 2.75) is 13.0 Å². The molecule has 0 bridgehead atoms. The topological polar surface area (TPSA) is 93.7 Å². The van der Waals surface area contributed by atoms with E-state index in [0.717, 1.165) is 13.6 Å². The summed E-state index contributed by atoms with van der Waals surface area (Å²) in [5.74, 6) is -0.0642. The number of benzene rings is 3. The first kappa shape index (κ1) is 29.3. The van der Waals surface area contributed by atoms with Crippen molar-refractivity contribution in [1.29, 1.82) is 5.26 Å². The molecule has 1 atom stereocenters. The zero-order valence-corrected chi connectivity index (χ0v) is 26.8. The maximum absolute atomic E-state index is 14.1. The lowest BCUT2D eigenvalue weighted by Gasteiger charge is -2.26. The zero-order chi connectivity index (χ0) is 29.1. The van der Waals surface area contributed by atoms with Crippen molar-refractivity contribution in [2.75, 3.05) is 13.2 Å². The first-order chi connectivity index (χ1) is 19.8. The minimum absolute atomic E-state index is 0.139. The van der Waals surface area contributed by atoms with E-state index in [2.05, 4.69) is 38.5 Å². The normalized spacial score (nSPS) is 14.7. The number of nitrogens with zero attached hydrogens (tertiary/aromatic N) is 3. The third-order valence-corrected chi connectivity index (χ3v) is 8.66. The van der Waals surface area contributed by atoms with E-state index in [1.807, 2.05) is 48.5 Å². The van der Waals surface area contributed by atoms with Crippen LogP contribution in [-0.4, -0.2) is 23.8 Å². The summed E-state index contributed by atoms with van der Waals surface area (Å²) in [5, 5.41) is 9.61. The Balaban J connectivity index is 1.82. The average molecular weight is 761 g/mol. The molecule has 0 saturated carbocycles. The van der Waals surface area contributed by atoms with E-state index >= 15 is 0 Å². The van der Waals surface area contributed by atoms with E-state index < -0.39 is 12.0 Å². The minimum atomic E-state index is -0.808. The van der Waals surface area contributed by atoms with Gasteiger partial charge in [-0.05, 0) is 65.4 Å². The van der Waals surface area contributed by atoms with Crippen LogP contribution in [0.15, 0.2) is 86.6 Å². The van der Waals surface area contributed by atoms with Gasteiger partial charge in [0.15, 0.2) is 11.4 Å². The number of carbonyl (C=O) groups is 1. The second-order valence-corrected chi connectivity index (χ2v) is 12.3. The number of esters is 1. The summed E-state index contributed by atoms with van der Waals surface area (Å²) in [6.07, 6.45) is 1.72. The van der Waals surface area contributed by atoms with Crippen molar-refractivity contribution in [2.24, 2.45) is 4.99 Å². The van der Waals surface area contributed by atoms with E-state index in [-0.39, 0.29) is 24.3 Å². The number of fused-ring (bicyclic) bond motifs is 1. The Hall–Kier alpha value is -3.24. The first-order valence-corrected chi connectivity index (χ1v) is 15.4. The summed E-state index contributed by atoms with van der Waals surface area (Å²) in [5.41, 5.74) is 2.40. The van der Waals surface area contributed by atoms with Crippen LogP contribution < -0.4 is 19.6 Å². The number of aromatic nitrogens is 1. The van der Waals surface area contributed by atoms with Crippen LogP contribution in [0.3, 0.4) is 0 Å². The number of thiazole rings is 1. The molecule has 0 fully saturated rings. The minimum Gasteiger partial charge on any atom is -0.477 e. The Kier molecular flexibility index (Phi) is 9.09. The van der Waals surface area contributed by atoms with E-state index in [1.165, 1.54) is 15.9 Å². The summed E-state index contributed by atoms with van der Waals surface area (Å²) < 4.78 is 14.7. The highest BCUT2D eigenvalue weighted by Crippen LogP contribution is 2.36. The largest absolute Gasteiger partial charge is 0.477 e. The molecule has 0 N–H and O–H groups in total. The Morgan fingerprint density at radius 1 is 1.22 bits per heavy atom. The van der Waals surface area contributed by atoms with Crippen LogP contribution in [0.4, 0.5) is 0 Å². The van der Waals surface area contributed by atoms with E-state index in [9.17, 15) is 9.59 Å². The summed E-state index contributed by atoms with van der Waals surface area (Å²) in [6.45, 7) is 1.76. The lowest BCUT2D eigenvalue weighted by Crippen LogP contribution is -2.40. The van der Waals surface area contributed by atoms with Gasteiger partial charge >= 0.3 is 5.97 Å². The van der Waals surface area contributed by atoms with Crippen LogP contribution in [0, 0.1) is 14.9 Å². The van der Waals surface area contributed by atoms with Gasteiger partial charge in [-0.25, -0.2) is 9.79 Å². The molecule has 41 heavy (non-hydrogen) atoms. The van der Waals surface area contributed by atoms with Gasteiger partial charge in [0.05, 0.1) is 32.0 Å². The lowest BCUT2D eigenvalue weighted by atomic mass is 9.93. The number of nitriles is 1. The Labute approximate surface area is 266 Å². The van der Waals surface area contributed by atoms with E-state index in [1.54, 1.807) is 37.3 Å². The highest BCUT2D eigenvalue weighted by atomic mass is 127. The van der Waals surface area contributed by atoms with Crippen molar-refractivity contribution >= 4 is 79.2 Å². The predicted molar refractivity (Wildman–Crippen MR) is 170 cm³/mol. The molecule has 1 aliphatic heterocycles. The lowest BCUT2D eigenvalue weighted by molar-refractivity contribution is -0.138. The second-order valence-electron chi connectivity index (χ2n) is 8.74. The molecule has 4 aromatic rings. The number of hydrogen-bond acceptors (Lipinski definition) is 7. The monoisotopic (exact) mass is 759 g/mol. The molecule has 1 aromatic heterocycles. The van der Waals surface area contributed by atoms with Crippen LogP contribution in [0.1, 0.15) is 29.7 Å². The van der Waals surface area contributed by atoms with Gasteiger partial charge in [0.25, 0.3) is 5.56 Å². The fourth-order valence-corrected chi connectivity index (χ4v) is 7.31. The molecule has 0 aliphatic carbocycles. The Bertz CT molecular complexity index is 1900. The quantitative estimate of drug-likeness (QED) is 0.174. The Morgan fingerprint density at radius 2 is 1.95 bits per heavy atom. The number of rotatable bonds is 7. The molecular formula is C30H20BrClIN3O4S. The van der Waals surface area contributed by atoms with Gasteiger partial charge < -0.3 is 9.47 Å². The maximum atomic E-state index is 14.1. The van der Waals surface area contributed by atoms with Gasteiger partial charge in [-0.2, -0.15) is 5.26 Å².